The molecule has 4 nitrogen and oxygen atoms in total. The maximum Gasteiger partial charge on any atom is 0.156 e. The zero-order valence-electron chi connectivity index (χ0n) is 13.6. The van der Waals surface area contributed by atoms with Crippen LogP contribution in [0.4, 0.5) is 0 Å². The van der Waals surface area contributed by atoms with Crippen molar-refractivity contribution in [3.63, 3.8) is 0 Å². The van der Waals surface area contributed by atoms with E-state index in [4.69, 9.17) is 5.73 Å². The Morgan fingerprint density at radius 3 is 2.10 bits per heavy atom. The number of hydrogen-bond acceptors (Lipinski definition) is 4. The molecule has 0 aromatic carbocycles. The lowest BCUT2D eigenvalue weighted by atomic mass is 9.80. The van der Waals surface area contributed by atoms with E-state index in [0.29, 0.717) is 13.1 Å². The Morgan fingerprint density at radius 1 is 1.15 bits per heavy atom. The van der Waals surface area contributed by atoms with E-state index in [2.05, 4.69) is 11.8 Å². The van der Waals surface area contributed by atoms with Crippen LogP contribution in [0.1, 0.15) is 59.8 Å². The lowest BCUT2D eigenvalue weighted by Crippen LogP contribution is -2.56. The largest absolute Gasteiger partial charge is 0.329 e. The third kappa shape index (κ3) is 3.95. The summed E-state index contributed by atoms with van der Waals surface area (Å²) < 4.78 is 23.9. The van der Waals surface area contributed by atoms with Crippen LogP contribution < -0.4 is 5.73 Å². The van der Waals surface area contributed by atoms with Crippen LogP contribution >= 0.6 is 0 Å². The molecule has 1 fully saturated rings. The molecule has 0 atom stereocenters. The van der Waals surface area contributed by atoms with E-state index in [1.165, 1.54) is 19.3 Å². The van der Waals surface area contributed by atoms with Gasteiger partial charge in [-0.25, -0.2) is 8.42 Å². The van der Waals surface area contributed by atoms with Gasteiger partial charge in [0.2, 0.25) is 0 Å². The van der Waals surface area contributed by atoms with Gasteiger partial charge in [-0.2, -0.15) is 0 Å². The molecule has 0 unspecified atom stereocenters. The van der Waals surface area contributed by atoms with Crippen molar-refractivity contribution < 1.29 is 8.42 Å². The second-order valence-electron chi connectivity index (χ2n) is 7.00. The first-order valence-electron chi connectivity index (χ1n) is 7.86. The van der Waals surface area contributed by atoms with E-state index in [-0.39, 0.29) is 11.3 Å². The Bertz CT molecular complexity index is 393. The van der Waals surface area contributed by atoms with Crippen LogP contribution in [0, 0.1) is 0 Å². The van der Waals surface area contributed by atoms with Gasteiger partial charge in [0.05, 0.1) is 10.5 Å². The maximum atomic E-state index is 12.3. The number of nitrogens with zero attached hydrogens (tertiary/aromatic N) is 1. The molecule has 2 N–H and O–H groups in total. The summed E-state index contributed by atoms with van der Waals surface area (Å²) in [7, 11) is -3.06. The van der Waals surface area contributed by atoms with Gasteiger partial charge in [-0.1, -0.05) is 26.2 Å². The Morgan fingerprint density at radius 2 is 1.70 bits per heavy atom. The molecular weight excluding hydrogens is 272 g/mol. The second kappa shape index (κ2) is 6.75. The molecule has 0 radical (unpaired) electrons. The molecule has 0 aromatic rings. The highest BCUT2D eigenvalue weighted by Gasteiger charge is 2.37. The smallest absolute Gasteiger partial charge is 0.156 e. The predicted octanol–water partition coefficient (Wildman–Crippen LogP) is 2.18. The molecule has 0 bridgehead atoms. The zero-order valence-corrected chi connectivity index (χ0v) is 14.4. The monoisotopic (exact) mass is 304 g/mol. The highest BCUT2D eigenvalue weighted by atomic mass is 32.2. The van der Waals surface area contributed by atoms with Gasteiger partial charge in [-0.15, -0.1) is 0 Å². The summed E-state index contributed by atoms with van der Waals surface area (Å²) in [5.74, 6) is 0.228. The van der Waals surface area contributed by atoms with E-state index >= 15 is 0 Å². The molecule has 0 aliphatic heterocycles. The molecule has 20 heavy (non-hydrogen) atoms. The van der Waals surface area contributed by atoms with Crippen molar-refractivity contribution >= 4 is 9.84 Å². The fraction of sp³-hybridized carbons (Fsp3) is 1.00. The topological polar surface area (TPSA) is 63.4 Å². The Kier molecular flexibility index (Phi) is 6.05. The molecule has 120 valence electrons. The lowest BCUT2D eigenvalue weighted by molar-refractivity contribution is 0.0677. The van der Waals surface area contributed by atoms with Crippen LogP contribution in [0.25, 0.3) is 0 Å². The molecular formula is C15H32N2O2S. The third-order valence-electron chi connectivity index (χ3n) is 4.78. The first-order chi connectivity index (χ1) is 9.18. The van der Waals surface area contributed by atoms with Crippen LogP contribution in [-0.4, -0.2) is 49.0 Å². The van der Waals surface area contributed by atoms with Crippen molar-refractivity contribution in [2.24, 2.45) is 5.73 Å². The molecule has 0 spiro atoms. The van der Waals surface area contributed by atoms with E-state index in [9.17, 15) is 8.42 Å². The quantitative estimate of drug-likeness (QED) is 0.817. The van der Waals surface area contributed by atoms with Crippen molar-refractivity contribution in [2.75, 3.05) is 25.4 Å². The van der Waals surface area contributed by atoms with Crippen LogP contribution in [0.15, 0.2) is 0 Å². The molecule has 1 rings (SSSR count). The molecule has 1 saturated carbocycles. The molecule has 0 amide bonds. The summed E-state index contributed by atoms with van der Waals surface area (Å²) in [5.41, 5.74) is 6.08. The van der Waals surface area contributed by atoms with Crippen molar-refractivity contribution in [1.29, 1.82) is 0 Å². The summed E-state index contributed by atoms with van der Waals surface area (Å²) in [6.07, 6.45) is 5.90. The first kappa shape index (κ1) is 17.9. The fourth-order valence-corrected chi connectivity index (χ4v) is 4.20. The summed E-state index contributed by atoms with van der Waals surface area (Å²) in [4.78, 5) is 2.31. The van der Waals surface area contributed by atoms with E-state index < -0.39 is 14.6 Å². The molecule has 1 aliphatic carbocycles. The third-order valence-corrected chi connectivity index (χ3v) is 7.37. The van der Waals surface area contributed by atoms with Crippen LogP contribution in [0.2, 0.25) is 0 Å². The van der Waals surface area contributed by atoms with Gasteiger partial charge < -0.3 is 5.73 Å². The highest BCUT2D eigenvalue weighted by Crippen LogP contribution is 2.33. The normalized spacial score (nSPS) is 20.3. The van der Waals surface area contributed by atoms with Crippen LogP contribution in [0.3, 0.4) is 0 Å². The minimum absolute atomic E-state index is 0.0282. The van der Waals surface area contributed by atoms with Crippen molar-refractivity contribution in [3.8, 4) is 0 Å². The molecule has 0 saturated heterocycles. The van der Waals surface area contributed by atoms with Gasteiger partial charge >= 0.3 is 0 Å². The van der Waals surface area contributed by atoms with Gasteiger partial charge in [0.1, 0.15) is 0 Å². The molecule has 0 aromatic heterocycles. The Balaban J connectivity index is 2.77. The Hall–Kier alpha value is -0.130. The summed E-state index contributed by atoms with van der Waals surface area (Å²) in [5, 5.41) is 0. The summed E-state index contributed by atoms with van der Waals surface area (Å²) in [6, 6.07) is 0. The highest BCUT2D eigenvalue weighted by molar-refractivity contribution is 7.92. The first-order valence-corrected chi connectivity index (χ1v) is 9.51. The minimum atomic E-state index is -3.06. The van der Waals surface area contributed by atoms with Gasteiger partial charge in [0, 0.05) is 18.6 Å². The molecule has 0 heterocycles. The number of likely N-dealkylation sites (N-methyl/N-ethyl adjacent to an activating group) is 1. The minimum Gasteiger partial charge on any atom is -0.329 e. The van der Waals surface area contributed by atoms with Crippen LogP contribution in [-0.2, 0) is 9.84 Å². The number of rotatable bonds is 6. The predicted molar refractivity (Wildman–Crippen MR) is 85.7 cm³/mol. The fourth-order valence-electron chi connectivity index (χ4n) is 3.13. The van der Waals surface area contributed by atoms with Gasteiger partial charge in [0.15, 0.2) is 9.84 Å². The van der Waals surface area contributed by atoms with Crippen molar-refractivity contribution in [3.05, 3.63) is 0 Å². The standard InChI is InChI=1S/C15H32N2O2S/c1-5-17(11-12-20(18,19)14(2,3)4)15(13-16)9-7-6-8-10-15/h5-13,16H2,1-4H3. The second-order valence-corrected chi connectivity index (χ2v) is 9.86. The van der Waals surface area contributed by atoms with E-state index in [1.807, 2.05) is 0 Å². The lowest BCUT2D eigenvalue weighted by Gasteiger charge is -2.46. The SMILES string of the molecule is CCN(CCS(=O)(=O)C(C)(C)C)C1(CN)CCCCC1. The number of nitrogens with two attached hydrogens (primary N) is 1. The Labute approximate surface area is 125 Å². The number of sulfone groups is 1. The summed E-state index contributed by atoms with van der Waals surface area (Å²) >= 11 is 0. The van der Waals surface area contributed by atoms with Crippen molar-refractivity contribution in [1.82, 2.24) is 4.90 Å². The van der Waals surface area contributed by atoms with E-state index in [0.717, 1.165) is 19.4 Å². The molecule has 5 heteroatoms. The van der Waals surface area contributed by atoms with Gasteiger partial charge in [0.25, 0.3) is 0 Å². The number of hydrogen-bond donors (Lipinski definition) is 1. The zero-order chi connectivity index (χ0) is 15.4. The van der Waals surface area contributed by atoms with Gasteiger partial charge in [-0.05, 0) is 40.2 Å². The van der Waals surface area contributed by atoms with Crippen LogP contribution in [0.5, 0.6) is 0 Å². The van der Waals surface area contributed by atoms with E-state index in [1.54, 1.807) is 20.8 Å². The maximum absolute atomic E-state index is 12.3. The summed E-state index contributed by atoms with van der Waals surface area (Å²) in [6.45, 7) is 9.55. The average molecular weight is 305 g/mol. The van der Waals surface area contributed by atoms with Crippen molar-refractivity contribution in [2.45, 2.75) is 70.1 Å². The molecule has 1 aliphatic rings. The van der Waals surface area contributed by atoms with Gasteiger partial charge in [-0.3, -0.25) is 4.90 Å². The average Bonchev–Trinajstić information content (AvgIpc) is 2.39.